The van der Waals surface area contributed by atoms with Crippen LogP contribution in [0.5, 0.6) is 0 Å². The number of rotatable bonds is 7. The van der Waals surface area contributed by atoms with Crippen molar-refractivity contribution in [2.24, 2.45) is 5.10 Å². The first kappa shape index (κ1) is 23.3. The number of nitrogens with one attached hydrogen (secondary N) is 1. The Labute approximate surface area is 197 Å². The summed E-state index contributed by atoms with van der Waals surface area (Å²) in [5.74, 6) is 0.403. The van der Waals surface area contributed by atoms with E-state index in [-0.39, 0.29) is 20.6 Å². The van der Waals surface area contributed by atoms with Crippen LogP contribution in [0.1, 0.15) is 11.5 Å². The summed E-state index contributed by atoms with van der Waals surface area (Å²) in [6.07, 6.45) is 1.31. The maximum atomic E-state index is 13.2. The first-order valence-electron chi connectivity index (χ1n) is 8.78. The van der Waals surface area contributed by atoms with Crippen LogP contribution in [0, 0.1) is 6.92 Å². The molecule has 0 aliphatic rings. The molecule has 1 amide bonds. The number of amides is 1. The first-order valence-corrected chi connectivity index (χ1v) is 11.8. The van der Waals surface area contributed by atoms with E-state index in [9.17, 15) is 13.2 Å². The average Bonchev–Trinajstić information content (AvgIpc) is 3.03. The maximum Gasteiger partial charge on any atom is 0.264 e. The van der Waals surface area contributed by atoms with E-state index in [1.165, 1.54) is 36.5 Å². The van der Waals surface area contributed by atoms with Gasteiger partial charge in [0.05, 0.1) is 21.3 Å². The van der Waals surface area contributed by atoms with Gasteiger partial charge in [-0.15, -0.1) is 0 Å². The molecule has 0 saturated carbocycles. The van der Waals surface area contributed by atoms with E-state index in [1.54, 1.807) is 31.2 Å². The Morgan fingerprint density at radius 3 is 2.39 bits per heavy atom. The van der Waals surface area contributed by atoms with Crippen molar-refractivity contribution in [3.8, 4) is 0 Å². The van der Waals surface area contributed by atoms with Crippen LogP contribution >= 0.6 is 39.1 Å². The molecule has 162 valence electrons. The zero-order valence-electron chi connectivity index (χ0n) is 16.1. The van der Waals surface area contributed by atoms with Gasteiger partial charge in [-0.05, 0) is 53.2 Å². The fourth-order valence-electron chi connectivity index (χ4n) is 2.60. The van der Waals surface area contributed by atoms with Crippen molar-refractivity contribution in [2.45, 2.75) is 11.8 Å². The second-order valence-electron chi connectivity index (χ2n) is 6.30. The summed E-state index contributed by atoms with van der Waals surface area (Å²) in [7, 11) is -4.08. The molecular weight excluding hydrogens is 529 g/mol. The standard InChI is InChI=1S/C20H16BrCl2N3O4S/c1-13-19(21)10-17(30-13)11-24-25-20(27)12-26(16-8-14(22)7-15(23)9-16)31(28,29)18-5-3-2-4-6-18/h2-11H,12H2,1H3,(H,25,27)/b24-11-. The van der Waals surface area contributed by atoms with Crippen LogP contribution in [0.2, 0.25) is 10.0 Å². The van der Waals surface area contributed by atoms with Crippen molar-refractivity contribution >= 4 is 67.0 Å². The summed E-state index contributed by atoms with van der Waals surface area (Å²) < 4.78 is 33.5. The van der Waals surface area contributed by atoms with Crippen LogP contribution in [0.15, 0.2) is 73.5 Å². The van der Waals surface area contributed by atoms with Gasteiger partial charge in [-0.1, -0.05) is 41.4 Å². The number of aryl methyl sites for hydroxylation is 1. The summed E-state index contributed by atoms with van der Waals surface area (Å²) in [5.41, 5.74) is 2.44. The zero-order valence-corrected chi connectivity index (χ0v) is 20.0. The van der Waals surface area contributed by atoms with E-state index in [4.69, 9.17) is 27.6 Å². The predicted molar refractivity (Wildman–Crippen MR) is 124 cm³/mol. The number of anilines is 1. The third-order valence-corrected chi connectivity index (χ3v) is 7.02. The second-order valence-corrected chi connectivity index (χ2v) is 9.89. The normalized spacial score (nSPS) is 11.6. The molecule has 0 aliphatic carbocycles. The summed E-state index contributed by atoms with van der Waals surface area (Å²) in [4.78, 5) is 12.5. The topological polar surface area (TPSA) is 92.0 Å². The van der Waals surface area contributed by atoms with Crippen molar-refractivity contribution in [1.82, 2.24) is 5.43 Å². The number of hydrazone groups is 1. The van der Waals surface area contributed by atoms with Crippen LogP contribution in [-0.4, -0.2) is 27.1 Å². The number of furan rings is 1. The van der Waals surface area contributed by atoms with Crippen LogP contribution < -0.4 is 9.73 Å². The molecule has 1 heterocycles. The first-order chi connectivity index (χ1) is 14.7. The van der Waals surface area contributed by atoms with Crippen molar-refractivity contribution in [1.29, 1.82) is 0 Å². The highest BCUT2D eigenvalue weighted by molar-refractivity contribution is 9.10. The minimum atomic E-state index is -4.08. The van der Waals surface area contributed by atoms with E-state index in [1.807, 2.05) is 0 Å². The quantitative estimate of drug-likeness (QED) is 0.334. The second kappa shape index (κ2) is 9.86. The van der Waals surface area contributed by atoms with Crippen molar-refractivity contribution in [3.05, 3.63) is 80.6 Å². The van der Waals surface area contributed by atoms with E-state index in [0.717, 1.165) is 8.78 Å². The van der Waals surface area contributed by atoms with Gasteiger partial charge in [-0.2, -0.15) is 5.10 Å². The van der Waals surface area contributed by atoms with E-state index >= 15 is 0 Å². The molecule has 0 radical (unpaired) electrons. The van der Waals surface area contributed by atoms with Gasteiger partial charge in [0.25, 0.3) is 15.9 Å². The highest BCUT2D eigenvalue weighted by atomic mass is 79.9. The molecule has 0 unspecified atom stereocenters. The van der Waals surface area contributed by atoms with Crippen LogP contribution in [0.25, 0.3) is 0 Å². The Morgan fingerprint density at radius 1 is 1.16 bits per heavy atom. The lowest BCUT2D eigenvalue weighted by atomic mass is 10.3. The van der Waals surface area contributed by atoms with Crippen LogP contribution in [0.4, 0.5) is 5.69 Å². The lowest BCUT2D eigenvalue weighted by molar-refractivity contribution is -0.119. The summed E-state index contributed by atoms with van der Waals surface area (Å²) >= 11 is 15.4. The predicted octanol–water partition coefficient (Wildman–Crippen LogP) is 5.00. The maximum absolute atomic E-state index is 13.2. The van der Waals surface area contributed by atoms with Gasteiger partial charge in [0.1, 0.15) is 18.1 Å². The molecule has 3 aromatic rings. The lowest BCUT2D eigenvalue weighted by Crippen LogP contribution is -2.39. The number of benzene rings is 2. The van der Waals surface area contributed by atoms with Gasteiger partial charge in [0, 0.05) is 16.1 Å². The Bertz CT molecular complexity index is 1190. The molecule has 7 nitrogen and oxygen atoms in total. The van der Waals surface area contributed by atoms with Crippen LogP contribution in [-0.2, 0) is 14.8 Å². The molecule has 2 aromatic carbocycles. The molecule has 1 N–H and O–H groups in total. The van der Waals surface area contributed by atoms with Gasteiger partial charge in [0.15, 0.2) is 0 Å². The fourth-order valence-corrected chi connectivity index (χ4v) is 4.84. The lowest BCUT2D eigenvalue weighted by Gasteiger charge is -2.24. The summed E-state index contributed by atoms with van der Waals surface area (Å²) in [6, 6.07) is 13.7. The SMILES string of the molecule is Cc1oc(/C=N\NC(=O)CN(c2cc(Cl)cc(Cl)c2)S(=O)(=O)c2ccccc2)cc1Br. The van der Waals surface area contributed by atoms with Gasteiger partial charge < -0.3 is 4.42 Å². The molecule has 31 heavy (non-hydrogen) atoms. The Morgan fingerprint density at radius 2 is 1.81 bits per heavy atom. The van der Waals surface area contributed by atoms with E-state index < -0.39 is 22.5 Å². The molecule has 0 bridgehead atoms. The molecule has 0 atom stereocenters. The van der Waals surface area contributed by atoms with Gasteiger partial charge in [-0.25, -0.2) is 13.8 Å². The van der Waals surface area contributed by atoms with Crippen molar-refractivity contribution < 1.29 is 17.6 Å². The molecule has 11 heteroatoms. The smallest absolute Gasteiger partial charge is 0.264 e. The monoisotopic (exact) mass is 543 g/mol. The number of nitrogens with zero attached hydrogens (tertiary/aromatic N) is 2. The van der Waals surface area contributed by atoms with Crippen molar-refractivity contribution in [3.63, 3.8) is 0 Å². The largest absolute Gasteiger partial charge is 0.459 e. The number of sulfonamides is 1. The third kappa shape index (κ3) is 5.88. The number of carbonyl (C=O) groups excluding carboxylic acids is 1. The molecule has 0 saturated heterocycles. The Hall–Kier alpha value is -2.33. The third-order valence-electron chi connectivity index (χ3n) is 4.01. The molecule has 1 aromatic heterocycles. The highest BCUT2D eigenvalue weighted by Gasteiger charge is 2.27. The van der Waals surface area contributed by atoms with E-state index in [2.05, 4.69) is 26.5 Å². The van der Waals surface area contributed by atoms with Crippen LogP contribution in [0.3, 0.4) is 0 Å². The summed E-state index contributed by atoms with van der Waals surface area (Å²) in [5, 5.41) is 4.28. The number of hydrogen-bond donors (Lipinski definition) is 1. The van der Waals surface area contributed by atoms with Gasteiger partial charge in [-0.3, -0.25) is 9.10 Å². The van der Waals surface area contributed by atoms with Gasteiger partial charge >= 0.3 is 0 Å². The number of hydrogen-bond acceptors (Lipinski definition) is 5. The molecule has 0 spiro atoms. The van der Waals surface area contributed by atoms with E-state index in [0.29, 0.717) is 11.5 Å². The number of carbonyl (C=O) groups is 1. The minimum Gasteiger partial charge on any atom is -0.459 e. The average molecular weight is 545 g/mol. The Balaban J connectivity index is 1.87. The number of halogens is 3. The molecule has 0 fully saturated rings. The molecule has 3 rings (SSSR count). The van der Waals surface area contributed by atoms with Gasteiger partial charge in [0.2, 0.25) is 0 Å². The fraction of sp³-hybridized carbons (Fsp3) is 0.100. The highest BCUT2D eigenvalue weighted by Crippen LogP contribution is 2.29. The van der Waals surface area contributed by atoms with Crippen molar-refractivity contribution in [2.75, 3.05) is 10.8 Å². The molecular formula is C20H16BrCl2N3O4S. The molecule has 0 aliphatic heterocycles. The minimum absolute atomic E-state index is 0.0123. The Kier molecular flexibility index (Phi) is 7.42. The zero-order chi connectivity index (χ0) is 22.6. The summed E-state index contributed by atoms with van der Waals surface area (Å²) in [6.45, 7) is 1.22.